The molecule has 0 bridgehead atoms. The molecule has 32 heavy (non-hydrogen) atoms. The molecule has 0 saturated carbocycles. The summed E-state index contributed by atoms with van der Waals surface area (Å²) >= 11 is 0. The number of nitro benzene ring substituents is 1. The number of allylic oxidation sites excluding steroid dienone is 1. The lowest BCUT2D eigenvalue weighted by Gasteiger charge is -2.07. The Hall–Kier alpha value is -4.11. The molecular formula is C23H17NO7S. The molecule has 0 aliphatic rings. The van der Waals surface area contributed by atoms with Crippen LogP contribution in [0, 0.1) is 10.1 Å². The molecular weight excluding hydrogens is 434 g/mol. The van der Waals surface area contributed by atoms with Crippen LogP contribution in [0.25, 0.3) is 11.1 Å². The topological polar surface area (TPSA) is 121 Å². The van der Waals surface area contributed by atoms with E-state index >= 15 is 0 Å². The monoisotopic (exact) mass is 451 g/mol. The summed E-state index contributed by atoms with van der Waals surface area (Å²) in [5, 5.41) is 10.8. The highest BCUT2D eigenvalue weighted by atomic mass is 32.2. The van der Waals surface area contributed by atoms with Gasteiger partial charge in [-0.25, -0.2) is 18.0 Å². The van der Waals surface area contributed by atoms with Gasteiger partial charge < -0.3 is 4.74 Å². The Morgan fingerprint density at radius 2 is 1.31 bits per heavy atom. The summed E-state index contributed by atoms with van der Waals surface area (Å²) in [4.78, 5) is 33.6. The van der Waals surface area contributed by atoms with Crippen molar-refractivity contribution in [2.45, 2.75) is 16.7 Å². The lowest BCUT2D eigenvalue weighted by molar-refractivity contribution is -0.384. The van der Waals surface area contributed by atoms with Crippen LogP contribution in [-0.4, -0.2) is 25.3 Å². The van der Waals surface area contributed by atoms with Crippen LogP contribution in [0.15, 0.2) is 94.7 Å². The molecule has 0 aliphatic carbocycles. The fourth-order valence-electron chi connectivity index (χ4n) is 2.83. The molecule has 162 valence electrons. The maximum atomic E-state index is 12.9. The number of ether oxygens (including phenoxy) is 1. The zero-order chi connectivity index (χ0) is 23.3. The van der Waals surface area contributed by atoms with Crippen molar-refractivity contribution in [2.75, 3.05) is 0 Å². The Morgan fingerprint density at radius 1 is 0.844 bits per heavy atom. The van der Waals surface area contributed by atoms with E-state index in [1.807, 2.05) is 0 Å². The molecule has 0 fully saturated rings. The minimum Gasteiger partial charge on any atom is -0.386 e. The fourth-order valence-corrected chi connectivity index (χ4v) is 4.09. The third-order valence-corrected chi connectivity index (χ3v) is 6.26. The number of nitro groups is 1. The number of sulfone groups is 1. The third-order valence-electron chi connectivity index (χ3n) is 4.47. The highest BCUT2D eigenvalue weighted by Gasteiger charge is 2.19. The molecule has 0 amide bonds. The smallest absolute Gasteiger partial charge is 0.346 e. The average Bonchev–Trinajstić information content (AvgIpc) is 2.79. The van der Waals surface area contributed by atoms with E-state index < -0.39 is 26.7 Å². The summed E-state index contributed by atoms with van der Waals surface area (Å²) in [7, 11) is -3.85. The van der Waals surface area contributed by atoms with Crippen molar-refractivity contribution < 1.29 is 27.7 Å². The summed E-state index contributed by atoms with van der Waals surface area (Å²) in [5.74, 6) is -1.70. The molecule has 0 aliphatic heterocycles. The normalized spacial score (nSPS) is 11.3. The maximum absolute atomic E-state index is 12.9. The van der Waals surface area contributed by atoms with E-state index in [2.05, 4.69) is 4.74 Å². The Kier molecular flexibility index (Phi) is 6.60. The zero-order valence-corrected chi connectivity index (χ0v) is 17.6. The Morgan fingerprint density at radius 3 is 1.78 bits per heavy atom. The van der Waals surface area contributed by atoms with Gasteiger partial charge in [-0.3, -0.25) is 10.1 Å². The lowest BCUT2D eigenvalue weighted by Crippen LogP contribution is -2.10. The molecule has 3 rings (SSSR count). The molecule has 0 atom stereocenters. The summed E-state index contributed by atoms with van der Waals surface area (Å²) < 4.78 is 30.4. The fraction of sp³-hybridized carbons (Fsp3) is 0.0435. The predicted octanol–water partition coefficient (Wildman–Crippen LogP) is 4.35. The SMILES string of the molecule is C/C=C/C(=O)OC(=O)c1ccc(S(=O)(=O)c2ccc(-c3ccc([N+](=O)[O-])cc3)cc2)cc1. The first-order chi connectivity index (χ1) is 15.2. The van der Waals surface area contributed by atoms with Gasteiger partial charge in [-0.15, -0.1) is 0 Å². The van der Waals surface area contributed by atoms with Crippen molar-refractivity contribution in [2.24, 2.45) is 0 Å². The van der Waals surface area contributed by atoms with Crippen LogP contribution in [0.2, 0.25) is 0 Å². The van der Waals surface area contributed by atoms with Gasteiger partial charge in [0.25, 0.3) is 5.69 Å². The second-order valence-electron chi connectivity index (χ2n) is 6.56. The van der Waals surface area contributed by atoms with Crippen LogP contribution in [0.1, 0.15) is 17.3 Å². The molecule has 0 unspecified atom stereocenters. The van der Waals surface area contributed by atoms with Crippen molar-refractivity contribution in [1.29, 1.82) is 0 Å². The molecule has 0 radical (unpaired) electrons. The van der Waals surface area contributed by atoms with Gasteiger partial charge in [0, 0.05) is 18.2 Å². The van der Waals surface area contributed by atoms with E-state index in [0.29, 0.717) is 11.1 Å². The standard InChI is InChI=1S/C23H17NO7S/c1-2-3-22(25)31-23(26)18-8-14-21(15-9-18)32(29,30)20-12-6-17(7-13-20)16-4-10-19(11-5-16)24(27)28/h2-15H,1H3/b3-2+. The third kappa shape index (κ3) is 4.96. The van der Waals surface area contributed by atoms with Crippen LogP contribution in [0.4, 0.5) is 5.69 Å². The Labute approximate surface area is 183 Å². The lowest BCUT2D eigenvalue weighted by atomic mass is 10.1. The summed E-state index contributed by atoms with van der Waals surface area (Å²) in [6.07, 6.45) is 2.52. The van der Waals surface area contributed by atoms with E-state index in [1.165, 1.54) is 54.6 Å². The number of hydrogen-bond acceptors (Lipinski definition) is 7. The minimum atomic E-state index is -3.85. The van der Waals surface area contributed by atoms with Gasteiger partial charge in [-0.1, -0.05) is 18.2 Å². The highest BCUT2D eigenvalue weighted by molar-refractivity contribution is 7.91. The van der Waals surface area contributed by atoms with Gasteiger partial charge in [0.1, 0.15) is 0 Å². The van der Waals surface area contributed by atoms with Crippen molar-refractivity contribution in [1.82, 2.24) is 0 Å². The van der Waals surface area contributed by atoms with Gasteiger partial charge in [-0.05, 0) is 66.6 Å². The number of nitrogens with zero attached hydrogens (tertiary/aromatic N) is 1. The molecule has 9 heteroatoms. The van der Waals surface area contributed by atoms with Crippen LogP contribution < -0.4 is 0 Å². The number of benzene rings is 3. The van der Waals surface area contributed by atoms with E-state index in [4.69, 9.17) is 0 Å². The molecule has 0 aromatic heterocycles. The number of carbonyl (C=O) groups is 2. The van der Waals surface area contributed by atoms with E-state index in [1.54, 1.807) is 31.2 Å². The Bertz CT molecular complexity index is 1290. The van der Waals surface area contributed by atoms with E-state index in [0.717, 1.165) is 6.08 Å². The van der Waals surface area contributed by atoms with E-state index in [9.17, 15) is 28.1 Å². The highest BCUT2D eigenvalue weighted by Crippen LogP contribution is 2.26. The van der Waals surface area contributed by atoms with Crippen molar-refractivity contribution in [3.8, 4) is 11.1 Å². The number of esters is 2. The number of non-ortho nitro benzene ring substituents is 1. The Balaban J connectivity index is 1.79. The van der Waals surface area contributed by atoms with Crippen LogP contribution in [-0.2, 0) is 19.4 Å². The van der Waals surface area contributed by atoms with Gasteiger partial charge in [0.2, 0.25) is 9.84 Å². The summed E-state index contributed by atoms with van der Waals surface area (Å²) in [6.45, 7) is 1.60. The first kappa shape index (κ1) is 22.6. The zero-order valence-electron chi connectivity index (χ0n) is 16.8. The van der Waals surface area contributed by atoms with Crippen molar-refractivity contribution in [3.05, 3.63) is 101 Å². The first-order valence-electron chi connectivity index (χ1n) is 9.31. The largest absolute Gasteiger partial charge is 0.386 e. The van der Waals surface area contributed by atoms with Gasteiger partial charge >= 0.3 is 11.9 Å². The second-order valence-corrected chi connectivity index (χ2v) is 8.51. The van der Waals surface area contributed by atoms with E-state index in [-0.39, 0.29) is 21.0 Å². The van der Waals surface area contributed by atoms with Crippen LogP contribution in [0.3, 0.4) is 0 Å². The average molecular weight is 451 g/mol. The molecule has 3 aromatic carbocycles. The number of rotatable bonds is 6. The minimum absolute atomic E-state index is 0.0306. The van der Waals surface area contributed by atoms with Gasteiger partial charge in [0.15, 0.2) is 0 Å². The molecule has 3 aromatic rings. The predicted molar refractivity (Wildman–Crippen MR) is 116 cm³/mol. The number of hydrogen-bond donors (Lipinski definition) is 0. The second kappa shape index (κ2) is 9.36. The van der Waals surface area contributed by atoms with Gasteiger partial charge in [-0.2, -0.15) is 0 Å². The quantitative estimate of drug-likeness (QED) is 0.179. The molecule has 0 spiro atoms. The molecule has 0 heterocycles. The summed E-state index contributed by atoms with van der Waals surface area (Å²) in [5.41, 5.74) is 1.40. The molecule has 8 nitrogen and oxygen atoms in total. The molecule has 0 N–H and O–H groups in total. The van der Waals surface area contributed by atoms with Crippen molar-refractivity contribution in [3.63, 3.8) is 0 Å². The molecule has 0 saturated heterocycles. The summed E-state index contributed by atoms with van der Waals surface area (Å²) in [6, 6.07) is 17.0. The number of carbonyl (C=O) groups excluding carboxylic acids is 2. The van der Waals surface area contributed by atoms with Crippen molar-refractivity contribution >= 4 is 27.5 Å². The maximum Gasteiger partial charge on any atom is 0.346 e. The van der Waals surface area contributed by atoms with Gasteiger partial charge in [0.05, 0.1) is 20.3 Å². The van der Waals surface area contributed by atoms with Crippen LogP contribution >= 0.6 is 0 Å². The first-order valence-corrected chi connectivity index (χ1v) is 10.8. The van der Waals surface area contributed by atoms with Crippen LogP contribution in [0.5, 0.6) is 0 Å².